The number of nitrogens with zero attached hydrogens (tertiary/aromatic N) is 2. The van der Waals surface area contributed by atoms with Gasteiger partial charge >= 0.3 is 11.7 Å². The van der Waals surface area contributed by atoms with E-state index in [1.165, 1.54) is 22.8 Å². The zero-order valence-electron chi connectivity index (χ0n) is 17.5. The summed E-state index contributed by atoms with van der Waals surface area (Å²) in [5.74, 6) is -1.34. The van der Waals surface area contributed by atoms with Crippen molar-refractivity contribution in [2.75, 3.05) is 6.61 Å². The summed E-state index contributed by atoms with van der Waals surface area (Å²) < 4.78 is 11.4. The molecule has 1 N–H and O–H groups in total. The number of aryl methyl sites for hydroxylation is 1. The zero-order valence-corrected chi connectivity index (χ0v) is 17.5. The molecule has 0 fully saturated rings. The molecule has 10 heteroatoms. The summed E-state index contributed by atoms with van der Waals surface area (Å²) in [6, 6.07) is 12.5. The third-order valence-corrected chi connectivity index (χ3v) is 4.86. The zero-order chi connectivity index (χ0) is 23.1. The Morgan fingerprint density at radius 3 is 2.66 bits per heavy atom. The highest BCUT2D eigenvalue weighted by Gasteiger charge is 2.19. The van der Waals surface area contributed by atoms with Crippen molar-refractivity contribution >= 4 is 28.7 Å². The number of ether oxygens (including phenoxy) is 1. The molecule has 1 atom stereocenters. The number of benzene rings is 2. The number of non-ortho nitro benzene ring substituents is 1. The Hall–Kier alpha value is -3.95. The molecule has 1 amide bonds. The standard InChI is InChI=1S/C22H23N3O7/c1-2-31-21(27)14-17(15-7-4-3-5-8-15)23-20(26)9-6-12-24-18-11-10-16(25(29)30)13-19(18)32-22(24)28/h3-5,7-8,10-11,13,17H,2,6,9,12,14H2,1H3,(H,23,26). The molecule has 0 bridgehead atoms. The van der Waals surface area contributed by atoms with Crippen molar-refractivity contribution in [2.24, 2.45) is 0 Å². The largest absolute Gasteiger partial charge is 0.466 e. The van der Waals surface area contributed by atoms with E-state index in [2.05, 4.69) is 5.32 Å². The van der Waals surface area contributed by atoms with Crippen molar-refractivity contribution in [2.45, 2.75) is 38.8 Å². The van der Waals surface area contributed by atoms with E-state index >= 15 is 0 Å². The molecule has 2 aromatic carbocycles. The van der Waals surface area contributed by atoms with E-state index in [1.54, 1.807) is 6.92 Å². The summed E-state index contributed by atoms with van der Waals surface area (Å²) in [5.41, 5.74) is 1.15. The van der Waals surface area contributed by atoms with Crippen LogP contribution in [0.4, 0.5) is 5.69 Å². The first-order valence-corrected chi connectivity index (χ1v) is 10.2. The molecule has 0 spiro atoms. The van der Waals surface area contributed by atoms with Gasteiger partial charge in [-0.15, -0.1) is 0 Å². The fraction of sp³-hybridized carbons (Fsp3) is 0.318. The summed E-state index contributed by atoms with van der Waals surface area (Å²) in [7, 11) is 0. The number of nitro groups is 1. The first-order valence-electron chi connectivity index (χ1n) is 10.2. The lowest BCUT2D eigenvalue weighted by Gasteiger charge is -2.18. The number of aromatic nitrogens is 1. The van der Waals surface area contributed by atoms with Crippen LogP contribution in [0.25, 0.3) is 11.1 Å². The lowest BCUT2D eigenvalue weighted by atomic mass is 10.0. The topological polar surface area (TPSA) is 134 Å². The van der Waals surface area contributed by atoms with Gasteiger partial charge in [0, 0.05) is 19.0 Å². The maximum absolute atomic E-state index is 12.5. The quantitative estimate of drug-likeness (QED) is 0.290. The van der Waals surface area contributed by atoms with Gasteiger partial charge in [0.1, 0.15) is 0 Å². The molecule has 0 radical (unpaired) electrons. The number of hydrogen-bond donors (Lipinski definition) is 1. The molecule has 1 heterocycles. The minimum Gasteiger partial charge on any atom is -0.466 e. The van der Waals surface area contributed by atoms with E-state index in [-0.39, 0.29) is 43.2 Å². The molecule has 3 rings (SSSR count). The normalized spacial score (nSPS) is 11.8. The molecular weight excluding hydrogens is 418 g/mol. The molecule has 1 unspecified atom stereocenters. The number of nitrogens with one attached hydrogen (secondary N) is 1. The monoisotopic (exact) mass is 441 g/mol. The highest BCUT2D eigenvalue weighted by Crippen LogP contribution is 2.21. The van der Waals surface area contributed by atoms with Gasteiger partial charge < -0.3 is 14.5 Å². The summed E-state index contributed by atoms with van der Waals surface area (Å²) in [4.78, 5) is 46.9. The van der Waals surface area contributed by atoms with Crippen LogP contribution in [0.1, 0.15) is 37.8 Å². The van der Waals surface area contributed by atoms with Crippen LogP contribution in [-0.4, -0.2) is 28.0 Å². The van der Waals surface area contributed by atoms with Gasteiger partial charge in [-0.1, -0.05) is 30.3 Å². The first kappa shape index (κ1) is 22.7. The SMILES string of the molecule is CCOC(=O)CC(NC(=O)CCCn1c(=O)oc2cc([N+](=O)[O-])ccc21)c1ccccc1. The van der Waals surface area contributed by atoms with Gasteiger partial charge in [0.05, 0.1) is 35.6 Å². The fourth-order valence-electron chi connectivity index (χ4n) is 3.37. The predicted molar refractivity (Wildman–Crippen MR) is 115 cm³/mol. The number of carbonyl (C=O) groups excluding carboxylic acids is 2. The third kappa shape index (κ3) is 5.60. The summed E-state index contributed by atoms with van der Waals surface area (Å²) in [5, 5.41) is 13.7. The Morgan fingerprint density at radius 2 is 1.97 bits per heavy atom. The molecule has 0 aliphatic carbocycles. The lowest BCUT2D eigenvalue weighted by molar-refractivity contribution is -0.384. The summed E-state index contributed by atoms with van der Waals surface area (Å²) >= 11 is 0. The number of rotatable bonds is 10. The van der Waals surface area contributed by atoms with Gasteiger partial charge in [0.25, 0.3) is 5.69 Å². The van der Waals surface area contributed by atoms with Gasteiger partial charge in [0.2, 0.25) is 5.91 Å². The highest BCUT2D eigenvalue weighted by molar-refractivity contribution is 5.78. The van der Waals surface area contributed by atoms with Crippen molar-refractivity contribution in [1.29, 1.82) is 0 Å². The maximum Gasteiger partial charge on any atom is 0.419 e. The van der Waals surface area contributed by atoms with Crippen LogP contribution in [-0.2, 0) is 20.9 Å². The lowest BCUT2D eigenvalue weighted by Crippen LogP contribution is -2.30. The highest BCUT2D eigenvalue weighted by atomic mass is 16.6. The average Bonchev–Trinajstić information content (AvgIpc) is 3.08. The Bertz CT molecular complexity index is 1170. The second-order valence-electron chi connectivity index (χ2n) is 7.07. The van der Waals surface area contributed by atoms with Crippen LogP contribution in [0.3, 0.4) is 0 Å². The minimum atomic E-state index is -0.648. The molecule has 0 saturated heterocycles. The van der Waals surface area contributed by atoms with Crippen molar-refractivity contribution in [3.05, 3.63) is 74.8 Å². The number of oxazole rings is 1. The predicted octanol–water partition coefficient (Wildman–Crippen LogP) is 3.09. The molecule has 0 aliphatic rings. The van der Waals surface area contributed by atoms with Crippen LogP contribution < -0.4 is 11.1 Å². The molecule has 32 heavy (non-hydrogen) atoms. The Morgan fingerprint density at radius 1 is 1.22 bits per heavy atom. The van der Waals surface area contributed by atoms with Crippen LogP contribution in [0.2, 0.25) is 0 Å². The van der Waals surface area contributed by atoms with Crippen molar-refractivity contribution in [1.82, 2.24) is 9.88 Å². The maximum atomic E-state index is 12.5. The van der Waals surface area contributed by atoms with Gasteiger partial charge in [-0.3, -0.25) is 24.3 Å². The van der Waals surface area contributed by atoms with Crippen molar-refractivity contribution in [3.63, 3.8) is 0 Å². The van der Waals surface area contributed by atoms with Crippen LogP contribution in [0, 0.1) is 10.1 Å². The summed E-state index contributed by atoms with van der Waals surface area (Å²) in [6.45, 7) is 2.17. The van der Waals surface area contributed by atoms with Crippen LogP contribution in [0.5, 0.6) is 0 Å². The third-order valence-electron chi connectivity index (χ3n) is 4.86. The first-order chi connectivity index (χ1) is 15.4. The second-order valence-corrected chi connectivity index (χ2v) is 7.07. The van der Waals surface area contributed by atoms with E-state index in [9.17, 15) is 24.5 Å². The van der Waals surface area contributed by atoms with E-state index in [0.717, 1.165) is 5.56 Å². The van der Waals surface area contributed by atoms with Gasteiger partial charge in [-0.2, -0.15) is 0 Å². The minimum absolute atomic E-state index is 0.00813. The number of nitro benzene ring substituents is 1. The molecule has 0 saturated carbocycles. The number of fused-ring (bicyclic) bond motifs is 1. The van der Waals surface area contributed by atoms with E-state index in [4.69, 9.17) is 9.15 Å². The molecule has 10 nitrogen and oxygen atoms in total. The fourth-order valence-corrected chi connectivity index (χ4v) is 3.37. The number of hydrogen-bond acceptors (Lipinski definition) is 7. The van der Waals surface area contributed by atoms with Gasteiger partial charge in [-0.25, -0.2) is 4.79 Å². The number of amides is 1. The smallest absolute Gasteiger partial charge is 0.419 e. The van der Waals surface area contributed by atoms with Crippen molar-refractivity contribution < 1.29 is 23.7 Å². The summed E-state index contributed by atoms with van der Waals surface area (Å²) in [6.07, 6.45) is 0.449. The number of carbonyl (C=O) groups is 2. The Labute approximate surface area is 182 Å². The van der Waals surface area contributed by atoms with Gasteiger partial charge in [-0.05, 0) is 25.0 Å². The van der Waals surface area contributed by atoms with E-state index in [0.29, 0.717) is 11.9 Å². The second kappa shape index (κ2) is 10.4. The van der Waals surface area contributed by atoms with Crippen molar-refractivity contribution in [3.8, 4) is 0 Å². The van der Waals surface area contributed by atoms with E-state index in [1.807, 2.05) is 30.3 Å². The average molecular weight is 441 g/mol. The van der Waals surface area contributed by atoms with E-state index < -0.39 is 22.7 Å². The van der Waals surface area contributed by atoms with Crippen LogP contribution in [0.15, 0.2) is 57.7 Å². The van der Waals surface area contributed by atoms with Gasteiger partial charge in [0.15, 0.2) is 5.58 Å². The van der Waals surface area contributed by atoms with Crippen LogP contribution >= 0.6 is 0 Å². The molecule has 0 aliphatic heterocycles. The Kier molecular flexibility index (Phi) is 7.37. The molecular formula is C22H23N3O7. The molecule has 3 aromatic rings. The molecule has 1 aromatic heterocycles. The molecule has 168 valence electrons. The Balaban J connectivity index is 1.63. The number of esters is 1.